The van der Waals surface area contributed by atoms with Gasteiger partial charge in [0.1, 0.15) is 17.0 Å². The fourth-order valence-electron chi connectivity index (χ4n) is 5.88. The van der Waals surface area contributed by atoms with E-state index in [1.54, 1.807) is 6.07 Å². The summed E-state index contributed by atoms with van der Waals surface area (Å²) in [5, 5.41) is 5.92. The van der Waals surface area contributed by atoms with Crippen molar-refractivity contribution in [2.75, 3.05) is 36.0 Å². The maximum Gasteiger partial charge on any atom is 0.275 e. The van der Waals surface area contributed by atoms with Crippen LogP contribution in [0.15, 0.2) is 70.8 Å². The molecule has 1 amide bonds. The Hall–Kier alpha value is -4.73. The lowest BCUT2D eigenvalue weighted by molar-refractivity contribution is 0.0672. The number of benzene rings is 3. The predicted molar refractivity (Wildman–Crippen MR) is 160 cm³/mol. The van der Waals surface area contributed by atoms with Crippen LogP contribution in [-0.4, -0.2) is 49.0 Å². The second-order valence-corrected chi connectivity index (χ2v) is 9.68. The van der Waals surface area contributed by atoms with E-state index in [4.69, 9.17) is 21.9 Å². The van der Waals surface area contributed by atoms with E-state index >= 15 is 0 Å². The second kappa shape index (κ2) is 10.4. The van der Waals surface area contributed by atoms with Crippen LogP contribution in [0, 0.1) is 0 Å². The van der Waals surface area contributed by atoms with Crippen LogP contribution in [-0.2, 0) is 5.54 Å². The first-order chi connectivity index (χ1) is 19.3. The van der Waals surface area contributed by atoms with Gasteiger partial charge < -0.3 is 31.7 Å². The van der Waals surface area contributed by atoms with Crippen LogP contribution in [0.25, 0.3) is 0 Å². The number of hydrogen-bond acceptors (Lipinski definition) is 5. The molecule has 0 saturated carbocycles. The first-order valence-electron chi connectivity index (χ1n) is 13.6. The number of amides is 1. The molecule has 2 aliphatic rings. The number of fused-ring (bicyclic) bond motifs is 6. The van der Waals surface area contributed by atoms with Gasteiger partial charge in [0.05, 0.1) is 0 Å². The Morgan fingerprint density at radius 3 is 1.82 bits per heavy atom. The third kappa shape index (κ3) is 4.07. The molecule has 5 rings (SSSR count). The average Bonchev–Trinajstić information content (AvgIpc) is 3.18. The van der Waals surface area contributed by atoms with Crippen molar-refractivity contribution in [1.29, 1.82) is 0 Å². The van der Waals surface area contributed by atoms with Gasteiger partial charge in [-0.15, -0.1) is 5.10 Å². The molecule has 6 N–H and O–H groups in total. The Morgan fingerprint density at radius 2 is 1.32 bits per heavy atom. The Kier molecular flexibility index (Phi) is 7.01. The van der Waals surface area contributed by atoms with Crippen LogP contribution in [0.1, 0.15) is 54.7 Å². The summed E-state index contributed by atoms with van der Waals surface area (Å²) in [6, 6.07) is 19.7. The Labute approximate surface area is 234 Å². The van der Waals surface area contributed by atoms with E-state index in [0.717, 1.165) is 54.2 Å². The number of nitrogens with zero attached hydrogens (tertiary/aromatic N) is 5. The lowest BCUT2D eigenvalue weighted by atomic mass is 9.75. The van der Waals surface area contributed by atoms with Crippen molar-refractivity contribution in [2.24, 2.45) is 27.3 Å². The number of carbonyl (C=O) groups is 1. The summed E-state index contributed by atoms with van der Waals surface area (Å²) in [6.07, 6.45) is 0. The summed E-state index contributed by atoms with van der Waals surface area (Å²) in [6.45, 7) is 11.8. The molecule has 40 heavy (non-hydrogen) atoms. The Bertz CT molecular complexity index is 1440. The molecule has 0 bridgehead atoms. The maximum atomic E-state index is 14.0. The van der Waals surface area contributed by atoms with Crippen LogP contribution < -0.4 is 31.7 Å². The maximum absolute atomic E-state index is 14.0. The number of hydrogen-bond donors (Lipinski definition) is 3. The van der Waals surface area contributed by atoms with Crippen molar-refractivity contribution in [3.63, 3.8) is 0 Å². The number of nitrogens with two attached hydrogens (primary N) is 3. The lowest BCUT2D eigenvalue weighted by Gasteiger charge is -2.42. The van der Waals surface area contributed by atoms with Gasteiger partial charge in [-0.25, -0.2) is 5.01 Å². The minimum atomic E-state index is -1.16. The average molecular weight is 541 g/mol. The number of ether oxygens (including phenoxy) is 1. The number of aliphatic imine (C=N–C) groups is 1. The zero-order chi connectivity index (χ0) is 28.6. The largest absolute Gasteiger partial charge is 0.456 e. The monoisotopic (exact) mass is 540 g/mol. The van der Waals surface area contributed by atoms with Crippen molar-refractivity contribution in [1.82, 2.24) is 5.01 Å². The topological polar surface area (TPSA) is 139 Å². The van der Waals surface area contributed by atoms with Gasteiger partial charge in [-0.1, -0.05) is 30.3 Å². The summed E-state index contributed by atoms with van der Waals surface area (Å²) in [5.74, 6) is 0.482. The van der Waals surface area contributed by atoms with E-state index in [9.17, 15) is 4.79 Å². The van der Waals surface area contributed by atoms with Crippen LogP contribution >= 0.6 is 0 Å². The molecule has 208 valence electrons. The van der Waals surface area contributed by atoms with Gasteiger partial charge in [0.15, 0.2) is 5.96 Å². The number of rotatable bonds is 7. The summed E-state index contributed by atoms with van der Waals surface area (Å²) in [7, 11) is 0. The van der Waals surface area contributed by atoms with Gasteiger partial charge in [-0.05, 0) is 45.9 Å². The van der Waals surface area contributed by atoms with Crippen molar-refractivity contribution in [3.05, 3.63) is 82.9 Å². The molecule has 3 aromatic carbocycles. The predicted octanol–water partition coefficient (Wildman–Crippen LogP) is 3.74. The second-order valence-electron chi connectivity index (χ2n) is 9.68. The molecule has 0 fully saturated rings. The van der Waals surface area contributed by atoms with Gasteiger partial charge in [0.2, 0.25) is 5.96 Å². The van der Waals surface area contributed by atoms with Crippen molar-refractivity contribution < 1.29 is 9.53 Å². The van der Waals surface area contributed by atoms with Gasteiger partial charge in [0, 0.05) is 71.9 Å². The molecule has 10 heteroatoms. The molecule has 0 atom stereocenters. The smallest absolute Gasteiger partial charge is 0.275 e. The summed E-state index contributed by atoms with van der Waals surface area (Å²) in [4.78, 5) is 22.4. The molecule has 10 nitrogen and oxygen atoms in total. The number of guanidine groups is 2. The summed E-state index contributed by atoms with van der Waals surface area (Å²) >= 11 is 0. The van der Waals surface area contributed by atoms with Crippen molar-refractivity contribution in [3.8, 4) is 11.5 Å². The zero-order valence-corrected chi connectivity index (χ0v) is 23.4. The molecule has 3 aromatic rings. The van der Waals surface area contributed by atoms with E-state index < -0.39 is 5.54 Å². The van der Waals surface area contributed by atoms with Crippen molar-refractivity contribution >= 4 is 29.2 Å². The van der Waals surface area contributed by atoms with Crippen LogP contribution in [0.4, 0.5) is 11.4 Å². The molecule has 2 heterocycles. The minimum absolute atomic E-state index is 0.227. The zero-order valence-electron chi connectivity index (χ0n) is 23.4. The Balaban J connectivity index is 1.86. The molecule has 0 unspecified atom stereocenters. The highest BCUT2D eigenvalue weighted by atomic mass is 16.5. The molecule has 2 aliphatic heterocycles. The standard InChI is InChI=1S/C30H36N8O2/c1-5-36(6-2)19-13-15-23-25(17-19)40-26-18-20(37(7-3)8-4)14-16-24(26)30(23)22-12-10-9-11-21(22)27(39)38(30)35-29(33)34-28(31)32/h9-18H,5-8H2,1-4H3,(H6,31,32,33,34,35). The van der Waals surface area contributed by atoms with E-state index in [1.807, 2.05) is 42.5 Å². The molecule has 0 aromatic heterocycles. The van der Waals surface area contributed by atoms with E-state index in [-0.39, 0.29) is 17.8 Å². The van der Waals surface area contributed by atoms with Crippen LogP contribution in [0.2, 0.25) is 0 Å². The fourth-order valence-corrected chi connectivity index (χ4v) is 5.88. The highest BCUT2D eigenvalue weighted by molar-refractivity contribution is 6.03. The van der Waals surface area contributed by atoms with Crippen molar-refractivity contribution in [2.45, 2.75) is 33.2 Å². The van der Waals surface area contributed by atoms with E-state index in [1.165, 1.54) is 5.01 Å². The SMILES string of the molecule is CCN(CC)c1ccc2c(c1)Oc1cc(N(CC)CC)ccc1C21c2ccccc2C(=O)N1/N=C(\N)N=C(N)N. The number of hydrazone groups is 1. The minimum Gasteiger partial charge on any atom is -0.456 e. The van der Waals surface area contributed by atoms with Gasteiger partial charge in [-0.3, -0.25) is 4.79 Å². The Morgan fingerprint density at radius 1 is 0.800 bits per heavy atom. The lowest BCUT2D eigenvalue weighted by Crippen LogP contribution is -2.45. The van der Waals surface area contributed by atoms with Gasteiger partial charge in [-0.2, -0.15) is 4.99 Å². The first kappa shape index (κ1) is 26.9. The van der Waals surface area contributed by atoms with E-state index in [2.05, 4.69) is 59.7 Å². The third-order valence-corrected chi connectivity index (χ3v) is 7.69. The third-order valence-electron chi connectivity index (χ3n) is 7.69. The normalized spacial score (nSPS) is 14.8. The molecule has 1 spiro atoms. The highest BCUT2D eigenvalue weighted by Gasteiger charge is 2.57. The van der Waals surface area contributed by atoms with Crippen LogP contribution in [0.3, 0.4) is 0 Å². The van der Waals surface area contributed by atoms with Crippen LogP contribution in [0.5, 0.6) is 11.5 Å². The molecular weight excluding hydrogens is 504 g/mol. The molecule has 0 saturated heterocycles. The fraction of sp³-hybridized carbons (Fsp3) is 0.300. The highest BCUT2D eigenvalue weighted by Crippen LogP contribution is 2.58. The quantitative estimate of drug-likeness (QED) is 0.306. The molecule has 0 aliphatic carbocycles. The first-order valence-corrected chi connectivity index (χ1v) is 13.6. The molecule has 0 radical (unpaired) electrons. The van der Waals surface area contributed by atoms with E-state index in [0.29, 0.717) is 17.1 Å². The molecular formula is C30H36N8O2. The summed E-state index contributed by atoms with van der Waals surface area (Å²) < 4.78 is 6.65. The van der Waals surface area contributed by atoms with Gasteiger partial charge >= 0.3 is 0 Å². The number of anilines is 2. The number of carbonyl (C=O) groups excluding carboxylic acids is 1. The van der Waals surface area contributed by atoms with Gasteiger partial charge in [0.25, 0.3) is 5.91 Å². The summed E-state index contributed by atoms with van der Waals surface area (Å²) in [5.41, 5.74) is 21.0.